The maximum atomic E-state index is 12.8. The second-order valence-electron chi connectivity index (χ2n) is 17.7. The molecule has 0 aliphatic heterocycles. The van der Waals surface area contributed by atoms with Crippen LogP contribution in [0.5, 0.6) is 0 Å². The van der Waals surface area contributed by atoms with Crippen molar-refractivity contribution < 1.29 is 23.8 Å². The van der Waals surface area contributed by atoms with E-state index in [-0.39, 0.29) is 25.2 Å². The molecule has 0 spiro atoms. The molecule has 0 saturated heterocycles. The van der Waals surface area contributed by atoms with Gasteiger partial charge in [0.25, 0.3) is 0 Å². The van der Waals surface area contributed by atoms with E-state index in [9.17, 15) is 9.59 Å². The summed E-state index contributed by atoms with van der Waals surface area (Å²) in [6, 6.07) is 0. The van der Waals surface area contributed by atoms with Crippen LogP contribution in [0.1, 0.15) is 265 Å². The highest BCUT2D eigenvalue weighted by molar-refractivity contribution is 5.70. The molecule has 0 aromatic carbocycles. The highest BCUT2D eigenvalue weighted by Crippen LogP contribution is 2.15. The van der Waals surface area contributed by atoms with Crippen molar-refractivity contribution >= 4 is 11.9 Å². The van der Waals surface area contributed by atoms with Gasteiger partial charge in [0.15, 0.2) is 6.10 Å². The second-order valence-corrected chi connectivity index (χ2v) is 17.7. The maximum absolute atomic E-state index is 12.8. The fraction of sp³-hybridized carbons (Fsp3) is 0.789. The van der Waals surface area contributed by atoms with Crippen LogP contribution < -0.4 is 0 Å². The molecule has 0 N–H and O–H groups in total. The number of allylic oxidation sites excluding steroid dienone is 10. The Kier molecular flexibility index (Phi) is 50.9. The topological polar surface area (TPSA) is 61.8 Å². The van der Waals surface area contributed by atoms with E-state index in [1.54, 1.807) is 0 Å². The van der Waals surface area contributed by atoms with Gasteiger partial charge in [-0.15, -0.1) is 0 Å². The first kappa shape index (κ1) is 59.6. The monoisotopic (exact) mass is 867 g/mol. The summed E-state index contributed by atoms with van der Waals surface area (Å²) in [5.74, 6) is -0.415. The quantitative estimate of drug-likeness (QED) is 0.0346. The van der Waals surface area contributed by atoms with Gasteiger partial charge in [-0.3, -0.25) is 9.59 Å². The van der Waals surface area contributed by atoms with E-state index in [0.29, 0.717) is 19.4 Å². The van der Waals surface area contributed by atoms with Crippen molar-refractivity contribution in [1.29, 1.82) is 0 Å². The van der Waals surface area contributed by atoms with Crippen LogP contribution in [0.25, 0.3) is 0 Å². The van der Waals surface area contributed by atoms with Gasteiger partial charge in [0, 0.05) is 19.4 Å². The third-order valence-corrected chi connectivity index (χ3v) is 11.5. The average molecular weight is 867 g/mol. The molecule has 0 saturated carbocycles. The van der Waals surface area contributed by atoms with Crippen molar-refractivity contribution in [3.63, 3.8) is 0 Å². The molecule has 62 heavy (non-hydrogen) atoms. The van der Waals surface area contributed by atoms with E-state index in [1.165, 1.54) is 161 Å². The van der Waals surface area contributed by atoms with Crippen LogP contribution in [0.15, 0.2) is 60.8 Å². The zero-order valence-electron chi connectivity index (χ0n) is 41.4. The van der Waals surface area contributed by atoms with Crippen molar-refractivity contribution in [2.24, 2.45) is 0 Å². The lowest BCUT2D eigenvalue weighted by Crippen LogP contribution is -2.30. The first-order valence-electron chi connectivity index (χ1n) is 26.8. The molecular weight excluding hydrogens is 765 g/mol. The third-order valence-electron chi connectivity index (χ3n) is 11.5. The van der Waals surface area contributed by atoms with E-state index in [4.69, 9.17) is 14.2 Å². The van der Waals surface area contributed by atoms with E-state index >= 15 is 0 Å². The lowest BCUT2D eigenvalue weighted by Gasteiger charge is -2.18. The molecule has 0 amide bonds. The number of rotatable bonds is 49. The lowest BCUT2D eigenvalue weighted by atomic mass is 10.1. The Bertz CT molecular complexity index is 1070. The zero-order valence-corrected chi connectivity index (χ0v) is 41.4. The predicted octanol–water partition coefficient (Wildman–Crippen LogP) is 18.1. The molecular formula is C57H102O5. The van der Waals surface area contributed by atoms with Crippen LogP contribution in [-0.2, 0) is 23.8 Å². The standard InChI is InChI=1S/C57H102O5/c1-4-7-10-13-16-19-22-25-27-28-29-30-32-33-35-38-41-44-47-50-56(58)61-54-55(53-60-52-49-46-43-40-37-24-21-18-15-12-9-6-3)62-57(59)51-48-45-42-39-36-34-31-26-23-20-17-14-11-8-5-2/h8,11,15,17-18,20,25-27,31,55H,4-7,9-10,12-14,16,19,21-24,28-30,32-54H2,1-3H3/b11-8-,18-15-,20-17-,27-25-,31-26-. The summed E-state index contributed by atoms with van der Waals surface area (Å²) in [7, 11) is 0. The smallest absolute Gasteiger partial charge is 0.306 e. The van der Waals surface area contributed by atoms with Crippen LogP contribution in [0.2, 0.25) is 0 Å². The SMILES string of the molecule is CC/C=C\C/C=C\C/C=C\CCCCCCCC(=O)OC(COCCCCCCCC/C=C\CCCC)COC(=O)CCCCCCCCCCC/C=C\CCCCCCCC. The third kappa shape index (κ3) is 50.2. The Balaban J connectivity index is 4.24. The number of carbonyl (C=O) groups is 2. The van der Waals surface area contributed by atoms with Crippen LogP contribution in [0, 0.1) is 0 Å². The van der Waals surface area contributed by atoms with Crippen molar-refractivity contribution in [3.05, 3.63) is 60.8 Å². The summed E-state index contributed by atoms with van der Waals surface area (Å²) < 4.78 is 17.4. The zero-order chi connectivity index (χ0) is 44.9. The molecule has 0 rings (SSSR count). The lowest BCUT2D eigenvalue weighted by molar-refractivity contribution is -0.163. The molecule has 0 bridgehead atoms. The van der Waals surface area contributed by atoms with E-state index in [1.807, 2.05) is 0 Å². The van der Waals surface area contributed by atoms with Crippen LogP contribution in [-0.4, -0.2) is 37.9 Å². The van der Waals surface area contributed by atoms with Crippen LogP contribution in [0.3, 0.4) is 0 Å². The van der Waals surface area contributed by atoms with E-state index in [2.05, 4.69) is 81.5 Å². The number of esters is 2. The highest BCUT2D eigenvalue weighted by atomic mass is 16.6. The fourth-order valence-electron chi connectivity index (χ4n) is 7.50. The molecule has 5 heteroatoms. The summed E-state index contributed by atoms with van der Waals surface area (Å²) in [6.45, 7) is 7.67. The molecule has 0 fully saturated rings. The van der Waals surface area contributed by atoms with Gasteiger partial charge in [-0.05, 0) is 96.3 Å². The Labute approximate surface area is 385 Å². The van der Waals surface area contributed by atoms with Gasteiger partial charge in [0.1, 0.15) is 6.61 Å². The Morgan fingerprint density at radius 3 is 1.23 bits per heavy atom. The molecule has 0 aliphatic rings. The second kappa shape index (κ2) is 52.9. The Morgan fingerprint density at radius 1 is 0.371 bits per heavy atom. The molecule has 1 atom stereocenters. The van der Waals surface area contributed by atoms with E-state index < -0.39 is 6.10 Å². The first-order chi connectivity index (χ1) is 30.6. The van der Waals surface area contributed by atoms with Crippen molar-refractivity contribution in [1.82, 2.24) is 0 Å². The molecule has 0 aromatic heterocycles. The molecule has 0 radical (unpaired) electrons. The summed E-state index contributed by atoms with van der Waals surface area (Å²) in [4.78, 5) is 25.4. The van der Waals surface area contributed by atoms with Gasteiger partial charge < -0.3 is 14.2 Å². The molecule has 360 valence electrons. The average Bonchev–Trinajstić information content (AvgIpc) is 3.27. The van der Waals surface area contributed by atoms with Gasteiger partial charge >= 0.3 is 11.9 Å². The molecule has 5 nitrogen and oxygen atoms in total. The first-order valence-corrected chi connectivity index (χ1v) is 26.8. The minimum atomic E-state index is -0.549. The largest absolute Gasteiger partial charge is 0.462 e. The van der Waals surface area contributed by atoms with Gasteiger partial charge in [-0.25, -0.2) is 0 Å². The number of ether oxygens (including phenoxy) is 3. The molecule has 0 aliphatic carbocycles. The fourth-order valence-corrected chi connectivity index (χ4v) is 7.50. The summed E-state index contributed by atoms with van der Waals surface area (Å²) >= 11 is 0. The van der Waals surface area contributed by atoms with Gasteiger partial charge in [-0.1, -0.05) is 216 Å². The minimum absolute atomic E-state index is 0.0750. The molecule has 1 unspecified atom stereocenters. The number of hydrogen-bond donors (Lipinski definition) is 0. The normalized spacial score (nSPS) is 12.6. The van der Waals surface area contributed by atoms with Crippen molar-refractivity contribution in [3.8, 4) is 0 Å². The van der Waals surface area contributed by atoms with Gasteiger partial charge in [-0.2, -0.15) is 0 Å². The summed E-state index contributed by atoms with van der Waals surface area (Å²) in [5.41, 5.74) is 0. The number of carbonyl (C=O) groups excluding carboxylic acids is 2. The number of unbranched alkanes of at least 4 members (excludes halogenated alkanes) is 28. The van der Waals surface area contributed by atoms with E-state index in [0.717, 1.165) is 70.6 Å². The molecule has 0 heterocycles. The molecule has 0 aromatic rings. The summed E-state index contributed by atoms with van der Waals surface area (Å²) in [5, 5.41) is 0. The Hall–Kier alpha value is -2.40. The Morgan fingerprint density at radius 2 is 0.742 bits per heavy atom. The van der Waals surface area contributed by atoms with Crippen LogP contribution >= 0.6 is 0 Å². The predicted molar refractivity (Wildman–Crippen MR) is 270 cm³/mol. The minimum Gasteiger partial charge on any atom is -0.462 e. The van der Waals surface area contributed by atoms with Gasteiger partial charge in [0.2, 0.25) is 0 Å². The summed E-state index contributed by atoms with van der Waals surface area (Å²) in [6.07, 6.45) is 66.6. The van der Waals surface area contributed by atoms with Crippen molar-refractivity contribution in [2.75, 3.05) is 19.8 Å². The maximum Gasteiger partial charge on any atom is 0.306 e. The van der Waals surface area contributed by atoms with Gasteiger partial charge in [0.05, 0.1) is 6.61 Å². The van der Waals surface area contributed by atoms with Crippen molar-refractivity contribution in [2.45, 2.75) is 271 Å². The number of hydrogen-bond acceptors (Lipinski definition) is 5. The van der Waals surface area contributed by atoms with Crippen LogP contribution in [0.4, 0.5) is 0 Å². The highest BCUT2D eigenvalue weighted by Gasteiger charge is 2.17.